The maximum atomic E-state index is 4.44. The van der Waals surface area contributed by atoms with E-state index >= 15 is 0 Å². The minimum atomic E-state index is 0. The summed E-state index contributed by atoms with van der Waals surface area (Å²) in [6.45, 7) is 8.12. The number of piperazine rings is 3. The van der Waals surface area contributed by atoms with Crippen LogP contribution in [0.5, 0.6) is 0 Å². The fourth-order valence-corrected chi connectivity index (χ4v) is 4.05. The summed E-state index contributed by atoms with van der Waals surface area (Å²) >= 11 is 1.83. The highest BCUT2D eigenvalue weighted by Gasteiger charge is 2.31. The smallest absolute Gasteiger partial charge is 0.193 e. The molecule has 3 aliphatic rings. The van der Waals surface area contributed by atoms with Crippen molar-refractivity contribution in [2.45, 2.75) is 12.5 Å². The van der Waals surface area contributed by atoms with Gasteiger partial charge < -0.3 is 10.2 Å². The number of hydrogen-bond acceptors (Lipinski definition) is 4. The van der Waals surface area contributed by atoms with Gasteiger partial charge in [0.25, 0.3) is 0 Å². The van der Waals surface area contributed by atoms with Gasteiger partial charge >= 0.3 is 0 Å². The Morgan fingerprint density at radius 1 is 1.39 bits per heavy atom. The van der Waals surface area contributed by atoms with Gasteiger partial charge in [-0.2, -0.15) is 0 Å². The van der Waals surface area contributed by atoms with Gasteiger partial charge in [-0.3, -0.25) is 14.8 Å². The Labute approximate surface area is 160 Å². The molecule has 4 heterocycles. The normalized spacial score (nSPS) is 26.7. The highest BCUT2D eigenvalue weighted by Crippen LogP contribution is 2.15. The topological polar surface area (TPSA) is 34.1 Å². The first-order chi connectivity index (χ1) is 10.8. The molecular formula is C16H28IN5S. The number of likely N-dealkylation sites (N-methyl/N-ethyl adjacent to an activating group) is 1. The van der Waals surface area contributed by atoms with Crippen LogP contribution in [-0.4, -0.2) is 86.6 Å². The van der Waals surface area contributed by atoms with Crippen molar-refractivity contribution >= 4 is 41.3 Å². The minimum absolute atomic E-state index is 0. The van der Waals surface area contributed by atoms with Crippen molar-refractivity contribution in [3.05, 3.63) is 22.4 Å². The van der Waals surface area contributed by atoms with Gasteiger partial charge in [0, 0.05) is 70.8 Å². The number of thiophene rings is 1. The molecule has 3 aliphatic heterocycles. The molecule has 1 aromatic heterocycles. The maximum Gasteiger partial charge on any atom is 0.193 e. The van der Waals surface area contributed by atoms with E-state index < -0.39 is 0 Å². The Morgan fingerprint density at radius 3 is 2.74 bits per heavy atom. The monoisotopic (exact) mass is 449 g/mol. The van der Waals surface area contributed by atoms with Crippen molar-refractivity contribution in [3.63, 3.8) is 0 Å². The molecule has 0 saturated carbocycles. The molecule has 1 atom stereocenters. The van der Waals surface area contributed by atoms with Crippen LogP contribution in [0, 0.1) is 0 Å². The highest BCUT2D eigenvalue weighted by molar-refractivity contribution is 14.0. The summed E-state index contributed by atoms with van der Waals surface area (Å²) in [5, 5.41) is 5.71. The van der Waals surface area contributed by atoms with E-state index in [2.05, 4.69) is 49.6 Å². The van der Waals surface area contributed by atoms with Crippen molar-refractivity contribution in [2.75, 3.05) is 59.9 Å². The van der Waals surface area contributed by atoms with E-state index in [1.165, 1.54) is 37.6 Å². The van der Waals surface area contributed by atoms with Gasteiger partial charge in [-0.25, -0.2) is 0 Å². The Kier molecular flexibility index (Phi) is 7.58. The van der Waals surface area contributed by atoms with Crippen LogP contribution < -0.4 is 5.32 Å². The van der Waals surface area contributed by atoms with Crippen LogP contribution in [0.3, 0.4) is 0 Å². The Morgan fingerprint density at radius 2 is 2.17 bits per heavy atom. The molecule has 2 bridgehead atoms. The fourth-order valence-electron chi connectivity index (χ4n) is 3.35. The van der Waals surface area contributed by atoms with Gasteiger partial charge in [-0.05, 0) is 17.9 Å². The molecule has 23 heavy (non-hydrogen) atoms. The molecule has 1 unspecified atom stereocenters. The van der Waals surface area contributed by atoms with Crippen molar-refractivity contribution < 1.29 is 0 Å². The van der Waals surface area contributed by atoms with E-state index in [0.717, 1.165) is 25.5 Å². The molecule has 3 fully saturated rings. The lowest BCUT2D eigenvalue weighted by Crippen LogP contribution is -2.63. The summed E-state index contributed by atoms with van der Waals surface area (Å²) < 4.78 is 0. The molecule has 0 aliphatic carbocycles. The van der Waals surface area contributed by atoms with Gasteiger partial charge in [-0.1, -0.05) is 6.07 Å². The average Bonchev–Trinajstić information content (AvgIpc) is 3.08. The van der Waals surface area contributed by atoms with Crippen LogP contribution in [0.15, 0.2) is 22.5 Å². The lowest BCUT2D eigenvalue weighted by molar-refractivity contribution is 0.0152. The second kappa shape index (κ2) is 9.19. The SMILES string of the molecule is CN=C(NCC1CN2CCN1CC2)N(C)CCc1cccs1.I. The first-order valence-electron chi connectivity index (χ1n) is 8.17. The van der Waals surface area contributed by atoms with Crippen LogP contribution >= 0.6 is 35.3 Å². The largest absolute Gasteiger partial charge is 0.355 e. The molecule has 0 spiro atoms. The lowest BCUT2D eigenvalue weighted by atomic mass is 10.1. The van der Waals surface area contributed by atoms with E-state index in [1.54, 1.807) is 0 Å². The molecule has 1 aromatic rings. The zero-order valence-corrected chi connectivity index (χ0v) is 17.2. The van der Waals surface area contributed by atoms with Gasteiger partial charge in [0.05, 0.1) is 0 Å². The molecule has 7 heteroatoms. The zero-order chi connectivity index (χ0) is 15.4. The molecule has 0 amide bonds. The van der Waals surface area contributed by atoms with E-state index in [-0.39, 0.29) is 24.0 Å². The molecule has 0 aromatic carbocycles. The Bertz CT molecular complexity index is 485. The van der Waals surface area contributed by atoms with Crippen LogP contribution in [0.1, 0.15) is 4.88 Å². The number of guanidine groups is 1. The third-order valence-electron chi connectivity index (χ3n) is 4.74. The van der Waals surface area contributed by atoms with Crippen LogP contribution in [0.2, 0.25) is 0 Å². The van der Waals surface area contributed by atoms with E-state index in [0.29, 0.717) is 6.04 Å². The second-order valence-electron chi connectivity index (χ2n) is 6.17. The van der Waals surface area contributed by atoms with Crippen LogP contribution in [-0.2, 0) is 6.42 Å². The average molecular weight is 449 g/mol. The number of nitrogens with one attached hydrogen (secondary N) is 1. The van der Waals surface area contributed by atoms with Gasteiger partial charge in [-0.15, -0.1) is 35.3 Å². The molecule has 3 saturated heterocycles. The third-order valence-corrected chi connectivity index (χ3v) is 5.67. The maximum absolute atomic E-state index is 4.44. The quantitative estimate of drug-likeness (QED) is 0.419. The summed E-state index contributed by atoms with van der Waals surface area (Å²) in [5.74, 6) is 1.01. The van der Waals surface area contributed by atoms with Crippen molar-refractivity contribution in [1.29, 1.82) is 0 Å². The summed E-state index contributed by atoms with van der Waals surface area (Å²) in [7, 11) is 4.00. The van der Waals surface area contributed by atoms with Crippen LogP contribution in [0.25, 0.3) is 0 Å². The summed E-state index contributed by atoms with van der Waals surface area (Å²) in [6, 6.07) is 4.95. The number of rotatable bonds is 5. The first-order valence-corrected chi connectivity index (χ1v) is 9.05. The third kappa shape index (κ3) is 5.04. The summed E-state index contributed by atoms with van der Waals surface area (Å²) in [4.78, 5) is 13.3. The predicted molar refractivity (Wildman–Crippen MR) is 109 cm³/mol. The van der Waals surface area contributed by atoms with Gasteiger partial charge in [0.2, 0.25) is 0 Å². The fraction of sp³-hybridized carbons (Fsp3) is 0.688. The first kappa shape index (κ1) is 19.0. The number of aliphatic imine (C=N–C) groups is 1. The zero-order valence-electron chi connectivity index (χ0n) is 14.1. The number of fused-ring (bicyclic) bond motifs is 3. The standard InChI is InChI=1S/C16H27N5S.HI/c1-17-16(19(2)6-5-15-4-3-11-22-15)18-12-14-13-20-7-9-21(14)10-8-20;/h3-4,11,14H,5-10,12-13H2,1-2H3,(H,17,18);1H. The Balaban J connectivity index is 0.00000192. The highest BCUT2D eigenvalue weighted by atomic mass is 127. The van der Waals surface area contributed by atoms with Crippen molar-refractivity contribution in [2.24, 2.45) is 4.99 Å². The molecule has 1 N–H and O–H groups in total. The second-order valence-corrected chi connectivity index (χ2v) is 7.20. The van der Waals surface area contributed by atoms with E-state index in [4.69, 9.17) is 0 Å². The predicted octanol–water partition coefficient (Wildman–Crippen LogP) is 1.42. The molecule has 130 valence electrons. The number of nitrogens with zero attached hydrogens (tertiary/aromatic N) is 4. The van der Waals surface area contributed by atoms with Crippen molar-refractivity contribution in [3.8, 4) is 0 Å². The molecule has 0 radical (unpaired) electrons. The van der Waals surface area contributed by atoms with Gasteiger partial charge in [0.15, 0.2) is 5.96 Å². The molecule has 4 rings (SSSR count). The molecule has 5 nitrogen and oxygen atoms in total. The number of hydrogen-bond donors (Lipinski definition) is 1. The molecular weight excluding hydrogens is 421 g/mol. The number of halogens is 1. The summed E-state index contributed by atoms with van der Waals surface area (Å²) in [5.41, 5.74) is 0. The van der Waals surface area contributed by atoms with Crippen molar-refractivity contribution in [1.82, 2.24) is 20.0 Å². The minimum Gasteiger partial charge on any atom is -0.355 e. The summed E-state index contributed by atoms with van der Waals surface area (Å²) in [6.07, 6.45) is 1.08. The van der Waals surface area contributed by atoms with E-state index in [9.17, 15) is 0 Å². The lowest BCUT2D eigenvalue weighted by Gasteiger charge is -2.47. The Hall–Kier alpha value is -0.380. The van der Waals surface area contributed by atoms with E-state index in [1.807, 2.05) is 18.4 Å². The van der Waals surface area contributed by atoms with Crippen LogP contribution in [0.4, 0.5) is 0 Å². The van der Waals surface area contributed by atoms with Gasteiger partial charge in [0.1, 0.15) is 0 Å².